The molecule has 8 nitrogen and oxygen atoms in total. The van der Waals surface area contributed by atoms with Gasteiger partial charge in [0.1, 0.15) is 12.3 Å². The Balaban J connectivity index is 1.75. The van der Waals surface area contributed by atoms with E-state index in [1.807, 2.05) is 6.92 Å². The van der Waals surface area contributed by atoms with Crippen molar-refractivity contribution in [1.29, 1.82) is 0 Å². The zero-order chi connectivity index (χ0) is 20.1. The van der Waals surface area contributed by atoms with Gasteiger partial charge in [-0.05, 0) is 48.4 Å². The van der Waals surface area contributed by atoms with Crippen molar-refractivity contribution in [1.82, 2.24) is 10.6 Å². The molecule has 0 unspecified atom stereocenters. The van der Waals surface area contributed by atoms with Crippen LogP contribution in [0.3, 0.4) is 0 Å². The van der Waals surface area contributed by atoms with Gasteiger partial charge < -0.3 is 19.9 Å². The predicted octanol–water partition coefficient (Wildman–Crippen LogP) is 2.54. The van der Waals surface area contributed by atoms with E-state index in [0.29, 0.717) is 23.7 Å². The standard InChI is InChI=1S/C20H18N2O6/c1-2-27-17-10-13(9-15-18(23)22-20(26)21-15)5-8-16(17)28-11-12-3-6-14(7-4-12)19(24)25/h3-10H,2,11H2,1H3,(H,24,25)(H2,21,22,23,26)/b15-9-. The topological polar surface area (TPSA) is 114 Å². The zero-order valence-corrected chi connectivity index (χ0v) is 15.0. The summed E-state index contributed by atoms with van der Waals surface area (Å²) < 4.78 is 11.4. The van der Waals surface area contributed by atoms with Gasteiger partial charge in [-0.1, -0.05) is 18.2 Å². The molecule has 2 aromatic rings. The number of carbonyl (C=O) groups excluding carboxylic acids is 2. The van der Waals surface area contributed by atoms with Gasteiger partial charge in [0, 0.05) is 0 Å². The van der Waals surface area contributed by atoms with Crippen molar-refractivity contribution in [2.75, 3.05) is 6.61 Å². The van der Waals surface area contributed by atoms with Crippen LogP contribution in [0, 0.1) is 0 Å². The molecule has 0 aromatic heterocycles. The molecule has 0 saturated carbocycles. The monoisotopic (exact) mass is 382 g/mol. The molecule has 0 aliphatic carbocycles. The zero-order valence-electron chi connectivity index (χ0n) is 15.0. The number of urea groups is 1. The van der Waals surface area contributed by atoms with Crippen LogP contribution in [-0.4, -0.2) is 29.6 Å². The maximum atomic E-state index is 11.6. The van der Waals surface area contributed by atoms with Crippen LogP contribution in [0.25, 0.3) is 6.08 Å². The van der Waals surface area contributed by atoms with E-state index < -0.39 is 17.9 Å². The van der Waals surface area contributed by atoms with Crippen LogP contribution in [0.1, 0.15) is 28.4 Å². The van der Waals surface area contributed by atoms with Gasteiger partial charge in [-0.15, -0.1) is 0 Å². The number of amides is 3. The second kappa shape index (κ2) is 8.26. The highest BCUT2D eigenvalue weighted by Crippen LogP contribution is 2.30. The number of carboxylic acids is 1. The molecule has 0 spiro atoms. The fourth-order valence-electron chi connectivity index (χ4n) is 2.56. The number of carboxylic acid groups (broad SMARTS) is 1. The van der Waals surface area contributed by atoms with E-state index in [1.54, 1.807) is 30.3 Å². The van der Waals surface area contributed by atoms with Gasteiger partial charge in [0.05, 0.1) is 12.2 Å². The van der Waals surface area contributed by atoms with E-state index in [0.717, 1.165) is 5.56 Å². The number of hydrogen-bond donors (Lipinski definition) is 3. The number of rotatable bonds is 7. The first-order valence-corrected chi connectivity index (χ1v) is 8.52. The summed E-state index contributed by atoms with van der Waals surface area (Å²) >= 11 is 0. The predicted molar refractivity (Wildman–Crippen MR) is 100.0 cm³/mol. The van der Waals surface area contributed by atoms with Crippen molar-refractivity contribution in [2.45, 2.75) is 13.5 Å². The molecular weight excluding hydrogens is 364 g/mol. The molecule has 3 N–H and O–H groups in total. The van der Waals surface area contributed by atoms with E-state index in [1.165, 1.54) is 18.2 Å². The minimum absolute atomic E-state index is 0.152. The second-order valence-electron chi connectivity index (χ2n) is 5.90. The van der Waals surface area contributed by atoms with E-state index >= 15 is 0 Å². The molecule has 28 heavy (non-hydrogen) atoms. The highest BCUT2D eigenvalue weighted by molar-refractivity contribution is 6.14. The third kappa shape index (κ3) is 4.47. The molecular formula is C20H18N2O6. The largest absolute Gasteiger partial charge is 0.490 e. The number of imide groups is 1. The number of benzene rings is 2. The molecule has 1 aliphatic rings. The Hall–Kier alpha value is -3.81. The van der Waals surface area contributed by atoms with E-state index in [4.69, 9.17) is 14.6 Å². The van der Waals surface area contributed by atoms with Crippen LogP contribution < -0.4 is 20.1 Å². The van der Waals surface area contributed by atoms with Gasteiger partial charge in [-0.2, -0.15) is 0 Å². The van der Waals surface area contributed by atoms with Crippen molar-refractivity contribution in [3.8, 4) is 11.5 Å². The van der Waals surface area contributed by atoms with Crippen molar-refractivity contribution in [3.63, 3.8) is 0 Å². The molecule has 2 aromatic carbocycles. The van der Waals surface area contributed by atoms with Gasteiger partial charge in [0.2, 0.25) is 0 Å². The van der Waals surface area contributed by atoms with Crippen LogP contribution >= 0.6 is 0 Å². The summed E-state index contributed by atoms with van der Waals surface area (Å²) in [4.78, 5) is 33.7. The Morgan fingerprint density at radius 2 is 1.79 bits per heavy atom. The summed E-state index contributed by atoms with van der Waals surface area (Å²) in [5, 5.41) is 13.5. The molecule has 1 aliphatic heterocycles. The average Bonchev–Trinajstić information content (AvgIpc) is 2.98. The maximum absolute atomic E-state index is 11.6. The van der Waals surface area contributed by atoms with Crippen LogP contribution in [-0.2, 0) is 11.4 Å². The Bertz CT molecular complexity index is 950. The summed E-state index contributed by atoms with van der Waals surface area (Å²) in [6.07, 6.45) is 1.54. The summed E-state index contributed by atoms with van der Waals surface area (Å²) in [5.41, 5.74) is 1.83. The van der Waals surface area contributed by atoms with Gasteiger partial charge >= 0.3 is 12.0 Å². The smallest absolute Gasteiger partial charge is 0.335 e. The van der Waals surface area contributed by atoms with Crippen molar-refractivity contribution >= 4 is 24.0 Å². The lowest BCUT2D eigenvalue weighted by molar-refractivity contribution is -0.115. The summed E-state index contributed by atoms with van der Waals surface area (Å²) in [6.45, 7) is 2.49. The molecule has 3 rings (SSSR count). The molecule has 0 radical (unpaired) electrons. The number of carbonyl (C=O) groups is 3. The van der Waals surface area contributed by atoms with Crippen molar-refractivity contribution in [3.05, 3.63) is 64.9 Å². The van der Waals surface area contributed by atoms with E-state index in [2.05, 4.69) is 10.6 Å². The Labute approximate surface area is 160 Å². The summed E-state index contributed by atoms with van der Waals surface area (Å²) in [6, 6.07) is 11.0. The number of nitrogens with one attached hydrogen (secondary N) is 2. The molecule has 1 fully saturated rings. The lowest BCUT2D eigenvalue weighted by atomic mass is 10.1. The Morgan fingerprint density at radius 3 is 2.39 bits per heavy atom. The Kier molecular flexibility index (Phi) is 5.59. The van der Waals surface area contributed by atoms with Crippen LogP contribution in [0.5, 0.6) is 11.5 Å². The number of hydrogen-bond acceptors (Lipinski definition) is 5. The lowest BCUT2D eigenvalue weighted by Gasteiger charge is -2.13. The fourth-order valence-corrected chi connectivity index (χ4v) is 2.56. The summed E-state index contributed by atoms with van der Waals surface area (Å²) in [5.74, 6) is -0.481. The molecule has 1 saturated heterocycles. The third-order valence-electron chi connectivity index (χ3n) is 3.89. The first-order chi connectivity index (χ1) is 13.5. The summed E-state index contributed by atoms with van der Waals surface area (Å²) in [7, 11) is 0. The lowest BCUT2D eigenvalue weighted by Crippen LogP contribution is -2.22. The van der Waals surface area contributed by atoms with E-state index in [9.17, 15) is 14.4 Å². The van der Waals surface area contributed by atoms with Gasteiger partial charge in [0.25, 0.3) is 5.91 Å². The van der Waals surface area contributed by atoms with E-state index in [-0.39, 0.29) is 17.9 Å². The first kappa shape index (κ1) is 19.0. The minimum Gasteiger partial charge on any atom is -0.490 e. The van der Waals surface area contributed by atoms with Gasteiger partial charge in [-0.3, -0.25) is 10.1 Å². The first-order valence-electron chi connectivity index (χ1n) is 8.52. The van der Waals surface area contributed by atoms with Crippen LogP contribution in [0.2, 0.25) is 0 Å². The second-order valence-corrected chi connectivity index (χ2v) is 5.90. The normalized spacial score (nSPS) is 14.5. The van der Waals surface area contributed by atoms with Crippen LogP contribution in [0.15, 0.2) is 48.2 Å². The highest BCUT2D eigenvalue weighted by Gasteiger charge is 2.22. The fraction of sp³-hybridized carbons (Fsp3) is 0.150. The molecule has 0 atom stereocenters. The van der Waals surface area contributed by atoms with Crippen molar-refractivity contribution in [2.24, 2.45) is 0 Å². The third-order valence-corrected chi connectivity index (χ3v) is 3.89. The Morgan fingerprint density at radius 1 is 1.04 bits per heavy atom. The maximum Gasteiger partial charge on any atom is 0.335 e. The van der Waals surface area contributed by atoms with Gasteiger partial charge in [-0.25, -0.2) is 9.59 Å². The highest BCUT2D eigenvalue weighted by atomic mass is 16.5. The van der Waals surface area contributed by atoms with Crippen molar-refractivity contribution < 1.29 is 29.0 Å². The quantitative estimate of drug-likeness (QED) is 0.501. The molecule has 0 bridgehead atoms. The average molecular weight is 382 g/mol. The number of ether oxygens (including phenoxy) is 2. The minimum atomic E-state index is -0.983. The van der Waals surface area contributed by atoms with Crippen LogP contribution in [0.4, 0.5) is 4.79 Å². The molecule has 1 heterocycles. The SMILES string of the molecule is CCOc1cc(/C=C2\NC(=O)NC2=O)ccc1OCc1ccc(C(=O)O)cc1. The number of aromatic carboxylic acids is 1. The molecule has 8 heteroatoms. The molecule has 144 valence electrons. The van der Waals surface area contributed by atoms with Gasteiger partial charge in [0.15, 0.2) is 11.5 Å². The molecule has 3 amide bonds.